The molecule has 140 valence electrons. The fourth-order valence-corrected chi connectivity index (χ4v) is 3.31. The Hall–Kier alpha value is -3.15. The number of para-hydroxylation sites is 1. The van der Waals surface area contributed by atoms with E-state index in [-0.39, 0.29) is 11.5 Å². The molecule has 0 aliphatic heterocycles. The predicted octanol–water partition coefficient (Wildman–Crippen LogP) is 3.96. The van der Waals surface area contributed by atoms with E-state index in [0.29, 0.717) is 18.5 Å². The minimum Gasteiger partial charge on any atom is -0.327 e. The van der Waals surface area contributed by atoms with E-state index in [0.717, 1.165) is 18.9 Å². The van der Waals surface area contributed by atoms with Crippen molar-refractivity contribution >= 4 is 11.7 Å². The Balaban J connectivity index is 1.84. The van der Waals surface area contributed by atoms with Gasteiger partial charge < -0.3 is 10.6 Å². The number of aromatic nitrogens is 2. The van der Waals surface area contributed by atoms with Gasteiger partial charge in [-0.05, 0) is 31.0 Å². The quantitative estimate of drug-likeness (QED) is 0.850. The molecular formula is C18H16F3N5O. The maximum Gasteiger partial charge on any atom is 0.418 e. The monoisotopic (exact) mass is 375 g/mol. The number of hydrogen-bond acceptors (Lipinski definition) is 4. The van der Waals surface area contributed by atoms with Crippen molar-refractivity contribution in [3.8, 4) is 6.07 Å². The lowest BCUT2D eigenvalue weighted by Crippen LogP contribution is -2.46. The van der Waals surface area contributed by atoms with E-state index in [9.17, 15) is 18.0 Å². The fraction of sp³-hybridized carbons (Fsp3) is 0.333. The average molecular weight is 375 g/mol. The molecule has 1 aromatic carbocycles. The lowest BCUT2D eigenvalue weighted by Gasteiger charge is -2.30. The molecule has 1 fully saturated rings. The molecule has 0 unspecified atom stereocenters. The van der Waals surface area contributed by atoms with Crippen LogP contribution in [0.25, 0.3) is 0 Å². The Morgan fingerprint density at radius 2 is 1.89 bits per heavy atom. The SMILES string of the molecule is N#Cc1nccc(C2(NC(=O)Nc3ccccc3C(F)(F)F)CCCC2)n1. The van der Waals surface area contributed by atoms with Crippen molar-refractivity contribution < 1.29 is 18.0 Å². The Bertz CT molecular complexity index is 885. The normalized spacial score (nSPS) is 15.8. The second kappa shape index (κ2) is 7.23. The van der Waals surface area contributed by atoms with Crippen LogP contribution in [0, 0.1) is 11.3 Å². The van der Waals surface area contributed by atoms with Gasteiger partial charge in [-0.2, -0.15) is 18.4 Å². The van der Waals surface area contributed by atoms with Crippen LogP contribution in [0.15, 0.2) is 36.5 Å². The number of carbonyl (C=O) groups is 1. The van der Waals surface area contributed by atoms with Crippen molar-refractivity contribution in [3.05, 3.63) is 53.6 Å². The third kappa shape index (κ3) is 4.00. The second-order valence-corrected chi connectivity index (χ2v) is 6.29. The van der Waals surface area contributed by atoms with Crippen molar-refractivity contribution in [3.63, 3.8) is 0 Å². The Morgan fingerprint density at radius 1 is 1.19 bits per heavy atom. The zero-order valence-corrected chi connectivity index (χ0v) is 14.2. The topological polar surface area (TPSA) is 90.7 Å². The lowest BCUT2D eigenvalue weighted by molar-refractivity contribution is -0.136. The third-order valence-electron chi connectivity index (χ3n) is 4.54. The van der Waals surface area contributed by atoms with Crippen molar-refractivity contribution in [2.45, 2.75) is 37.4 Å². The number of nitrogens with zero attached hydrogens (tertiary/aromatic N) is 3. The van der Waals surface area contributed by atoms with Crippen LogP contribution in [0.5, 0.6) is 0 Å². The molecule has 0 saturated heterocycles. The predicted molar refractivity (Wildman–Crippen MR) is 90.5 cm³/mol. The van der Waals surface area contributed by atoms with Gasteiger partial charge in [-0.1, -0.05) is 25.0 Å². The molecule has 1 aliphatic rings. The third-order valence-corrected chi connectivity index (χ3v) is 4.54. The molecule has 2 N–H and O–H groups in total. The number of nitrogens with one attached hydrogen (secondary N) is 2. The van der Waals surface area contributed by atoms with E-state index in [4.69, 9.17) is 5.26 Å². The summed E-state index contributed by atoms with van der Waals surface area (Å²) >= 11 is 0. The summed E-state index contributed by atoms with van der Waals surface area (Å²) < 4.78 is 39.3. The molecule has 0 atom stereocenters. The summed E-state index contributed by atoms with van der Waals surface area (Å²) in [5.41, 5.74) is -1.61. The molecule has 3 rings (SSSR count). The number of benzene rings is 1. The molecule has 0 radical (unpaired) electrons. The van der Waals surface area contributed by atoms with Crippen LogP contribution < -0.4 is 10.6 Å². The van der Waals surface area contributed by atoms with E-state index in [1.807, 2.05) is 6.07 Å². The number of anilines is 1. The Morgan fingerprint density at radius 3 is 2.56 bits per heavy atom. The highest BCUT2D eigenvalue weighted by Crippen LogP contribution is 2.38. The van der Waals surface area contributed by atoms with Crippen molar-refractivity contribution in [1.82, 2.24) is 15.3 Å². The number of urea groups is 1. The minimum absolute atomic E-state index is 0.0246. The van der Waals surface area contributed by atoms with Crippen LogP contribution in [-0.2, 0) is 11.7 Å². The van der Waals surface area contributed by atoms with Gasteiger partial charge in [0.05, 0.1) is 22.5 Å². The first-order valence-corrected chi connectivity index (χ1v) is 8.33. The zero-order valence-electron chi connectivity index (χ0n) is 14.2. The molecule has 1 saturated carbocycles. The van der Waals surface area contributed by atoms with Crippen LogP contribution >= 0.6 is 0 Å². The molecule has 2 amide bonds. The van der Waals surface area contributed by atoms with Crippen LogP contribution in [0.2, 0.25) is 0 Å². The minimum atomic E-state index is -4.58. The molecule has 0 bridgehead atoms. The number of alkyl halides is 3. The first-order valence-electron chi connectivity index (χ1n) is 8.33. The van der Waals surface area contributed by atoms with Crippen molar-refractivity contribution in [2.24, 2.45) is 0 Å². The summed E-state index contributed by atoms with van der Waals surface area (Å²) in [5, 5.41) is 14.0. The maximum absolute atomic E-state index is 13.1. The highest BCUT2D eigenvalue weighted by Gasteiger charge is 2.39. The van der Waals surface area contributed by atoms with Gasteiger partial charge in [-0.15, -0.1) is 0 Å². The number of rotatable bonds is 3. The number of nitriles is 1. The van der Waals surface area contributed by atoms with E-state index < -0.39 is 23.3 Å². The Labute approximate surface area is 153 Å². The highest BCUT2D eigenvalue weighted by molar-refractivity contribution is 5.90. The number of hydrogen-bond donors (Lipinski definition) is 2. The molecule has 0 spiro atoms. The standard InChI is InChI=1S/C18H16F3N5O/c19-18(20,21)12-5-1-2-6-13(12)24-16(27)26-17(8-3-4-9-17)14-7-10-23-15(11-22)25-14/h1-2,5-7,10H,3-4,8-9H2,(H2,24,26,27). The van der Waals surface area contributed by atoms with Gasteiger partial charge in [0, 0.05) is 6.20 Å². The molecule has 27 heavy (non-hydrogen) atoms. The van der Waals surface area contributed by atoms with Gasteiger partial charge in [0.1, 0.15) is 6.07 Å². The molecule has 2 aromatic rings. The van der Waals surface area contributed by atoms with E-state index >= 15 is 0 Å². The lowest BCUT2D eigenvalue weighted by atomic mass is 9.93. The van der Waals surface area contributed by atoms with E-state index in [1.165, 1.54) is 24.4 Å². The van der Waals surface area contributed by atoms with E-state index in [1.54, 1.807) is 6.07 Å². The molecule has 9 heteroatoms. The second-order valence-electron chi connectivity index (χ2n) is 6.29. The smallest absolute Gasteiger partial charge is 0.327 e. The molecular weight excluding hydrogens is 359 g/mol. The number of halogens is 3. The molecule has 1 aromatic heterocycles. The highest BCUT2D eigenvalue weighted by atomic mass is 19.4. The van der Waals surface area contributed by atoms with Gasteiger partial charge in [0.15, 0.2) is 0 Å². The van der Waals surface area contributed by atoms with E-state index in [2.05, 4.69) is 20.6 Å². The summed E-state index contributed by atoms with van der Waals surface area (Å²) in [5.74, 6) is -0.0246. The largest absolute Gasteiger partial charge is 0.418 e. The average Bonchev–Trinajstić information content (AvgIpc) is 3.11. The van der Waals surface area contributed by atoms with Crippen LogP contribution in [0.3, 0.4) is 0 Å². The summed E-state index contributed by atoms with van der Waals surface area (Å²) in [6, 6.07) is 7.48. The van der Waals surface area contributed by atoms with Crippen molar-refractivity contribution in [2.75, 3.05) is 5.32 Å². The van der Waals surface area contributed by atoms with Crippen LogP contribution in [0.1, 0.15) is 42.8 Å². The van der Waals surface area contributed by atoms with Gasteiger partial charge in [-0.25, -0.2) is 14.8 Å². The van der Waals surface area contributed by atoms with Gasteiger partial charge in [-0.3, -0.25) is 0 Å². The summed E-state index contributed by atoms with van der Waals surface area (Å²) in [7, 11) is 0. The number of carbonyl (C=O) groups excluding carboxylic acids is 1. The van der Waals surface area contributed by atoms with Crippen LogP contribution in [-0.4, -0.2) is 16.0 Å². The first-order chi connectivity index (χ1) is 12.8. The maximum atomic E-state index is 13.1. The fourth-order valence-electron chi connectivity index (χ4n) is 3.31. The first kappa shape index (κ1) is 18.6. The summed E-state index contributed by atoms with van der Waals surface area (Å²) in [6.45, 7) is 0. The van der Waals surface area contributed by atoms with Gasteiger partial charge in [0.25, 0.3) is 0 Å². The van der Waals surface area contributed by atoms with Gasteiger partial charge in [0.2, 0.25) is 5.82 Å². The molecule has 1 heterocycles. The summed E-state index contributed by atoms with van der Waals surface area (Å²) in [4.78, 5) is 20.5. The van der Waals surface area contributed by atoms with Gasteiger partial charge >= 0.3 is 12.2 Å². The summed E-state index contributed by atoms with van der Waals surface area (Å²) in [6.07, 6.45) is -0.355. The Kier molecular flexibility index (Phi) is 4.99. The number of amides is 2. The zero-order chi connectivity index (χ0) is 19.5. The van der Waals surface area contributed by atoms with Crippen LogP contribution in [0.4, 0.5) is 23.7 Å². The molecule has 1 aliphatic carbocycles. The van der Waals surface area contributed by atoms with Crippen molar-refractivity contribution in [1.29, 1.82) is 5.26 Å². The molecule has 6 nitrogen and oxygen atoms in total.